The van der Waals surface area contributed by atoms with Gasteiger partial charge < -0.3 is 10.3 Å². The van der Waals surface area contributed by atoms with Crippen LogP contribution in [0.15, 0.2) is 23.1 Å². The first-order chi connectivity index (χ1) is 8.16. The number of nitrogen functional groups attached to an aromatic ring is 1. The predicted octanol–water partition coefficient (Wildman–Crippen LogP) is 0.868. The molecule has 1 aromatic rings. The Morgan fingerprint density at radius 2 is 2.29 bits per heavy atom. The summed E-state index contributed by atoms with van der Waals surface area (Å²) in [6.45, 7) is 5.00. The molecule has 1 saturated heterocycles. The van der Waals surface area contributed by atoms with Crippen molar-refractivity contribution in [2.45, 2.75) is 19.5 Å². The Balaban J connectivity index is 1.97. The van der Waals surface area contributed by atoms with Crippen LogP contribution >= 0.6 is 11.8 Å². The Hall–Kier alpha value is -0.940. The fourth-order valence-electron chi connectivity index (χ4n) is 2.05. The SMILES string of the molecule is CC1CSCCN1CCn1cc(N)ccc1=O. The van der Waals surface area contributed by atoms with E-state index < -0.39 is 0 Å². The summed E-state index contributed by atoms with van der Waals surface area (Å²) in [4.78, 5) is 14.0. The van der Waals surface area contributed by atoms with Crippen molar-refractivity contribution < 1.29 is 0 Å². The topological polar surface area (TPSA) is 51.3 Å². The average molecular weight is 253 g/mol. The number of nitrogens with two attached hydrogens (primary N) is 1. The highest BCUT2D eigenvalue weighted by Gasteiger charge is 2.17. The predicted molar refractivity (Wildman–Crippen MR) is 73.5 cm³/mol. The number of rotatable bonds is 3. The van der Waals surface area contributed by atoms with Gasteiger partial charge in [0.1, 0.15) is 0 Å². The lowest BCUT2D eigenvalue weighted by molar-refractivity contribution is 0.223. The van der Waals surface area contributed by atoms with Crippen LogP contribution in [-0.2, 0) is 6.54 Å². The van der Waals surface area contributed by atoms with Gasteiger partial charge in [-0.25, -0.2) is 0 Å². The molecule has 2 heterocycles. The molecule has 1 atom stereocenters. The lowest BCUT2D eigenvalue weighted by atomic mass is 10.3. The summed E-state index contributed by atoms with van der Waals surface area (Å²) in [7, 11) is 0. The van der Waals surface area contributed by atoms with Crippen molar-refractivity contribution in [2.75, 3.05) is 30.3 Å². The Labute approximate surface area is 106 Å². The number of hydrogen-bond acceptors (Lipinski definition) is 4. The summed E-state index contributed by atoms with van der Waals surface area (Å²) < 4.78 is 1.70. The molecule has 1 aliphatic rings. The van der Waals surface area contributed by atoms with Gasteiger partial charge in [-0.2, -0.15) is 11.8 Å². The quantitative estimate of drug-likeness (QED) is 0.868. The Bertz CT molecular complexity index is 432. The van der Waals surface area contributed by atoms with E-state index in [9.17, 15) is 4.79 Å². The maximum atomic E-state index is 11.6. The van der Waals surface area contributed by atoms with Gasteiger partial charge in [-0.3, -0.25) is 9.69 Å². The van der Waals surface area contributed by atoms with Crippen molar-refractivity contribution >= 4 is 17.4 Å². The first-order valence-corrected chi connectivity index (χ1v) is 7.10. The molecule has 1 fully saturated rings. The van der Waals surface area contributed by atoms with E-state index in [1.165, 1.54) is 17.6 Å². The van der Waals surface area contributed by atoms with E-state index in [2.05, 4.69) is 11.8 Å². The van der Waals surface area contributed by atoms with Crippen molar-refractivity contribution in [3.63, 3.8) is 0 Å². The molecule has 2 rings (SSSR count). The summed E-state index contributed by atoms with van der Waals surface area (Å²) >= 11 is 2.00. The third kappa shape index (κ3) is 3.26. The molecule has 2 N–H and O–H groups in total. The molecule has 17 heavy (non-hydrogen) atoms. The number of nitrogens with zero attached hydrogens (tertiary/aromatic N) is 2. The van der Waals surface area contributed by atoms with Gasteiger partial charge in [0.15, 0.2) is 0 Å². The molecular weight excluding hydrogens is 234 g/mol. The Kier molecular flexibility index (Phi) is 4.12. The van der Waals surface area contributed by atoms with Crippen LogP contribution in [0.5, 0.6) is 0 Å². The van der Waals surface area contributed by atoms with Crippen molar-refractivity contribution in [1.82, 2.24) is 9.47 Å². The van der Waals surface area contributed by atoms with E-state index >= 15 is 0 Å². The molecular formula is C12H19N3OS. The molecule has 94 valence electrons. The van der Waals surface area contributed by atoms with Crippen LogP contribution in [0.3, 0.4) is 0 Å². The summed E-state index contributed by atoms with van der Waals surface area (Å²) in [6.07, 6.45) is 1.73. The molecule has 5 heteroatoms. The molecule has 4 nitrogen and oxygen atoms in total. The van der Waals surface area contributed by atoms with Crippen molar-refractivity contribution in [2.24, 2.45) is 0 Å². The van der Waals surface area contributed by atoms with Gasteiger partial charge in [0.05, 0.1) is 0 Å². The molecule has 1 aromatic heterocycles. The van der Waals surface area contributed by atoms with Gasteiger partial charge in [-0.1, -0.05) is 0 Å². The molecule has 0 aliphatic carbocycles. The van der Waals surface area contributed by atoms with Gasteiger partial charge in [0.2, 0.25) is 0 Å². The first-order valence-electron chi connectivity index (χ1n) is 5.94. The third-order valence-corrected chi connectivity index (χ3v) is 4.33. The molecule has 0 radical (unpaired) electrons. The van der Waals surface area contributed by atoms with E-state index in [0.29, 0.717) is 11.7 Å². The van der Waals surface area contributed by atoms with Gasteiger partial charge in [0.25, 0.3) is 5.56 Å². The van der Waals surface area contributed by atoms with Gasteiger partial charge in [0, 0.05) is 55.1 Å². The van der Waals surface area contributed by atoms with Gasteiger partial charge in [-0.05, 0) is 13.0 Å². The summed E-state index contributed by atoms with van der Waals surface area (Å²) in [6, 6.07) is 3.79. The normalized spacial score (nSPS) is 21.6. The summed E-state index contributed by atoms with van der Waals surface area (Å²) in [5, 5.41) is 0. The lowest BCUT2D eigenvalue weighted by Gasteiger charge is -2.32. The molecule has 0 aromatic carbocycles. The van der Waals surface area contributed by atoms with E-state index in [1.807, 2.05) is 11.8 Å². The van der Waals surface area contributed by atoms with E-state index in [1.54, 1.807) is 16.8 Å². The minimum atomic E-state index is 0.0261. The molecule has 1 aliphatic heterocycles. The van der Waals surface area contributed by atoms with Crippen molar-refractivity contribution in [3.05, 3.63) is 28.7 Å². The van der Waals surface area contributed by atoms with Crippen LogP contribution in [0.1, 0.15) is 6.92 Å². The maximum absolute atomic E-state index is 11.6. The maximum Gasteiger partial charge on any atom is 0.250 e. The second-order valence-electron chi connectivity index (χ2n) is 4.45. The van der Waals surface area contributed by atoms with Crippen LogP contribution < -0.4 is 11.3 Å². The molecule has 0 bridgehead atoms. The second-order valence-corrected chi connectivity index (χ2v) is 5.60. The fraction of sp³-hybridized carbons (Fsp3) is 0.583. The summed E-state index contributed by atoms with van der Waals surface area (Å²) in [5.74, 6) is 2.38. The van der Waals surface area contributed by atoms with Gasteiger partial charge >= 0.3 is 0 Å². The zero-order chi connectivity index (χ0) is 12.3. The summed E-state index contributed by atoms with van der Waals surface area (Å²) in [5.41, 5.74) is 6.36. The third-order valence-electron chi connectivity index (χ3n) is 3.14. The lowest BCUT2D eigenvalue weighted by Crippen LogP contribution is -2.42. The van der Waals surface area contributed by atoms with Crippen molar-refractivity contribution in [3.8, 4) is 0 Å². The zero-order valence-corrected chi connectivity index (χ0v) is 10.9. The van der Waals surface area contributed by atoms with E-state index in [0.717, 1.165) is 19.6 Å². The number of aromatic nitrogens is 1. The number of anilines is 1. The number of pyridine rings is 1. The van der Waals surface area contributed by atoms with E-state index in [4.69, 9.17) is 5.73 Å². The minimum Gasteiger partial charge on any atom is -0.398 e. The average Bonchev–Trinajstić information content (AvgIpc) is 2.32. The van der Waals surface area contributed by atoms with Gasteiger partial charge in [-0.15, -0.1) is 0 Å². The monoisotopic (exact) mass is 253 g/mol. The standard InChI is InChI=1S/C12H19N3OS/c1-10-9-17-7-6-14(10)4-5-15-8-11(13)2-3-12(15)16/h2-3,8,10H,4-7,9,13H2,1H3. The number of hydrogen-bond donors (Lipinski definition) is 1. The minimum absolute atomic E-state index is 0.0261. The molecule has 0 saturated carbocycles. The smallest absolute Gasteiger partial charge is 0.250 e. The van der Waals surface area contributed by atoms with Crippen LogP contribution in [0, 0.1) is 0 Å². The van der Waals surface area contributed by atoms with Crippen LogP contribution in [0.25, 0.3) is 0 Å². The van der Waals surface area contributed by atoms with Crippen LogP contribution in [0.4, 0.5) is 5.69 Å². The fourth-order valence-corrected chi connectivity index (χ4v) is 3.14. The van der Waals surface area contributed by atoms with Crippen LogP contribution in [-0.4, -0.2) is 40.1 Å². The second kappa shape index (κ2) is 5.60. The Morgan fingerprint density at radius 1 is 1.47 bits per heavy atom. The molecule has 1 unspecified atom stereocenters. The largest absolute Gasteiger partial charge is 0.398 e. The Morgan fingerprint density at radius 3 is 3.06 bits per heavy atom. The number of thioether (sulfide) groups is 1. The molecule has 0 spiro atoms. The first kappa shape index (κ1) is 12.5. The highest BCUT2D eigenvalue weighted by Crippen LogP contribution is 2.15. The highest BCUT2D eigenvalue weighted by molar-refractivity contribution is 7.99. The molecule has 0 amide bonds. The van der Waals surface area contributed by atoms with Crippen molar-refractivity contribution in [1.29, 1.82) is 0 Å². The zero-order valence-electron chi connectivity index (χ0n) is 10.1. The van der Waals surface area contributed by atoms with Crippen LogP contribution in [0.2, 0.25) is 0 Å². The highest BCUT2D eigenvalue weighted by atomic mass is 32.2. The van der Waals surface area contributed by atoms with E-state index in [-0.39, 0.29) is 5.56 Å².